The molecule has 0 saturated carbocycles. The van der Waals surface area contributed by atoms with E-state index in [0.717, 1.165) is 43.2 Å². The van der Waals surface area contributed by atoms with Gasteiger partial charge in [0.25, 0.3) is 0 Å². The summed E-state index contributed by atoms with van der Waals surface area (Å²) in [6.07, 6.45) is 1.11. The molecule has 0 aliphatic heterocycles. The Morgan fingerprint density at radius 3 is 2.11 bits per heavy atom. The molecule has 0 aliphatic rings. The Balaban J connectivity index is 2.93. The number of benzene rings is 1. The number of likely N-dealkylation sites (N-methyl/N-ethyl adjacent to an activating group) is 1. The van der Waals surface area contributed by atoms with Crippen molar-refractivity contribution in [2.75, 3.05) is 45.8 Å². The van der Waals surface area contributed by atoms with Crippen molar-refractivity contribution in [3.63, 3.8) is 0 Å². The van der Waals surface area contributed by atoms with Crippen LogP contribution >= 0.6 is 0 Å². The minimum atomic E-state index is 0.829. The average molecular weight is 252 g/mol. The first-order chi connectivity index (χ1) is 8.74. The van der Waals surface area contributed by atoms with Crippen molar-refractivity contribution in [3.8, 4) is 11.5 Å². The third kappa shape index (κ3) is 4.11. The van der Waals surface area contributed by atoms with E-state index in [2.05, 4.69) is 17.1 Å². The highest BCUT2D eigenvalue weighted by Crippen LogP contribution is 2.28. The molecule has 0 aliphatic carbocycles. The van der Waals surface area contributed by atoms with Gasteiger partial charge in [0.2, 0.25) is 0 Å². The number of rotatable bonds is 8. The van der Waals surface area contributed by atoms with E-state index in [-0.39, 0.29) is 0 Å². The summed E-state index contributed by atoms with van der Waals surface area (Å²) in [5.74, 6) is 1.66. The molecule has 0 amide bonds. The quantitative estimate of drug-likeness (QED) is 0.768. The van der Waals surface area contributed by atoms with Gasteiger partial charge < -0.3 is 19.7 Å². The van der Waals surface area contributed by atoms with Crippen LogP contribution < -0.4 is 19.7 Å². The van der Waals surface area contributed by atoms with Crippen LogP contribution in [0.1, 0.15) is 13.3 Å². The minimum Gasteiger partial charge on any atom is -0.497 e. The zero-order valence-electron chi connectivity index (χ0n) is 11.8. The molecule has 0 radical (unpaired) electrons. The van der Waals surface area contributed by atoms with E-state index >= 15 is 0 Å². The van der Waals surface area contributed by atoms with Crippen LogP contribution in [0.15, 0.2) is 18.2 Å². The normalized spacial score (nSPS) is 10.2. The molecule has 0 aromatic heterocycles. The van der Waals surface area contributed by atoms with Crippen molar-refractivity contribution < 1.29 is 9.47 Å². The number of anilines is 1. The van der Waals surface area contributed by atoms with Gasteiger partial charge in [-0.25, -0.2) is 0 Å². The average Bonchev–Trinajstić information content (AvgIpc) is 2.42. The van der Waals surface area contributed by atoms with Gasteiger partial charge in [-0.15, -0.1) is 0 Å². The molecule has 4 heteroatoms. The number of hydrogen-bond donors (Lipinski definition) is 1. The lowest BCUT2D eigenvalue weighted by molar-refractivity contribution is 0.394. The third-order valence-electron chi connectivity index (χ3n) is 2.83. The molecule has 1 aromatic carbocycles. The molecule has 1 aromatic rings. The lowest BCUT2D eigenvalue weighted by atomic mass is 10.2. The largest absolute Gasteiger partial charge is 0.497 e. The SMILES string of the molecule is CCCN(CCNC)c1cc(OC)cc(OC)c1. The van der Waals surface area contributed by atoms with Crippen molar-refractivity contribution >= 4 is 5.69 Å². The fraction of sp³-hybridized carbons (Fsp3) is 0.571. The second-order valence-electron chi connectivity index (χ2n) is 4.16. The van der Waals surface area contributed by atoms with Crippen molar-refractivity contribution in [2.45, 2.75) is 13.3 Å². The summed E-state index contributed by atoms with van der Waals surface area (Å²) in [7, 11) is 5.32. The molecule has 0 atom stereocenters. The number of methoxy groups -OCH3 is 2. The van der Waals surface area contributed by atoms with Crippen LogP contribution in [0.4, 0.5) is 5.69 Å². The maximum atomic E-state index is 5.31. The first kappa shape index (κ1) is 14.6. The van der Waals surface area contributed by atoms with Crippen LogP contribution in [-0.4, -0.2) is 40.9 Å². The molecule has 1 rings (SSSR count). The lowest BCUT2D eigenvalue weighted by Gasteiger charge is -2.25. The number of ether oxygens (including phenoxy) is 2. The summed E-state index contributed by atoms with van der Waals surface area (Å²) in [5, 5.41) is 3.18. The van der Waals surface area contributed by atoms with E-state index in [1.54, 1.807) is 14.2 Å². The maximum absolute atomic E-state index is 5.31. The fourth-order valence-corrected chi connectivity index (χ4v) is 1.86. The summed E-state index contributed by atoms with van der Waals surface area (Å²) < 4.78 is 10.6. The van der Waals surface area contributed by atoms with E-state index < -0.39 is 0 Å². The Labute approximate surface area is 110 Å². The highest BCUT2D eigenvalue weighted by Gasteiger charge is 2.08. The molecule has 0 unspecified atom stereocenters. The summed E-state index contributed by atoms with van der Waals surface area (Å²) in [6.45, 7) is 5.14. The van der Waals surface area contributed by atoms with E-state index in [1.807, 2.05) is 25.2 Å². The molecule has 0 saturated heterocycles. The summed E-state index contributed by atoms with van der Waals surface area (Å²) in [6, 6.07) is 5.99. The predicted octanol–water partition coefficient (Wildman–Crippen LogP) is 2.14. The van der Waals surface area contributed by atoms with Crippen molar-refractivity contribution in [3.05, 3.63) is 18.2 Å². The van der Waals surface area contributed by atoms with E-state index in [9.17, 15) is 0 Å². The van der Waals surface area contributed by atoms with Crippen LogP contribution in [0.25, 0.3) is 0 Å². The standard InChI is InChI=1S/C14H24N2O2/c1-5-7-16(8-6-15-2)12-9-13(17-3)11-14(10-12)18-4/h9-11,15H,5-8H2,1-4H3. The highest BCUT2D eigenvalue weighted by atomic mass is 16.5. The molecule has 18 heavy (non-hydrogen) atoms. The summed E-state index contributed by atoms with van der Waals surface area (Å²) in [5.41, 5.74) is 1.14. The predicted molar refractivity (Wildman–Crippen MR) is 76.0 cm³/mol. The topological polar surface area (TPSA) is 33.7 Å². The van der Waals surface area contributed by atoms with Gasteiger partial charge in [-0.1, -0.05) is 6.92 Å². The second-order valence-corrected chi connectivity index (χ2v) is 4.16. The maximum Gasteiger partial charge on any atom is 0.124 e. The monoisotopic (exact) mass is 252 g/mol. The lowest BCUT2D eigenvalue weighted by Crippen LogP contribution is -2.31. The van der Waals surface area contributed by atoms with Gasteiger partial charge in [-0.05, 0) is 13.5 Å². The number of nitrogens with one attached hydrogen (secondary N) is 1. The smallest absolute Gasteiger partial charge is 0.124 e. The van der Waals surface area contributed by atoms with Gasteiger partial charge >= 0.3 is 0 Å². The van der Waals surface area contributed by atoms with Crippen LogP contribution in [0.2, 0.25) is 0 Å². The van der Waals surface area contributed by atoms with Gasteiger partial charge in [-0.3, -0.25) is 0 Å². The van der Waals surface area contributed by atoms with Crippen molar-refractivity contribution in [1.29, 1.82) is 0 Å². The van der Waals surface area contributed by atoms with Gasteiger partial charge in [-0.2, -0.15) is 0 Å². The zero-order chi connectivity index (χ0) is 13.4. The van der Waals surface area contributed by atoms with Crippen LogP contribution in [0, 0.1) is 0 Å². The van der Waals surface area contributed by atoms with E-state index in [0.29, 0.717) is 0 Å². The van der Waals surface area contributed by atoms with E-state index in [4.69, 9.17) is 9.47 Å². The van der Waals surface area contributed by atoms with E-state index in [1.165, 1.54) is 0 Å². The third-order valence-corrected chi connectivity index (χ3v) is 2.83. The van der Waals surface area contributed by atoms with Crippen LogP contribution in [0.5, 0.6) is 11.5 Å². The zero-order valence-corrected chi connectivity index (χ0v) is 11.8. The summed E-state index contributed by atoms with van der Waals surface area (Å²) in [4.78, 5) is 2.33. The molecule has 0 bridgehead atoms. The molecular formula is C14H24N2O2. The van der Waals surface area contributed by atoms with Gasteiger partial charge in [0, 0.05) is 43.5 Å². The van der Waals surface area contributed by atoms with Gasteiger partial charge in [0.15, 0.2) is 0 Å². The van der Waals surface area contributed by atoms with Crippen molar-refractivity contribution in [2.24, 2.45) is 0 Å². The Hall–Kier alpha value is -1.42. The fourth-order valence-electron chi connectivity index (χ4n) is 1.86. The highest BCUT2D eigenvalue weighted by molar-refractivity contribution is 5.55. The molecule has 0 spiro atoms. The molecule has 1 N–H and O–H groups in total. The molecule has 4 nitrogen and oxygen atoms in total. The van der Waals surface area contributed by atoms with Gasteiger partial charge in [0.05, 0.1) is 14.2 Å². The number of nitrogens with zero attached hydrogens (tertiary/aromatic N) is 1. The first-order valence-corrected chi connectivity index (χ1v) is 6.37. The Morgan fingerprint density at radius 1 is 1.06 bits per heavy atom. The molecule has 0 heterocycles. The van der Waals surface area contributed by atoms with Crippen LogP contribution in [0.3, 0.4) is 0 Å². The summed E-state index contributed by atoms with van der Waals surface area (Å²) >= 11 is 0. The van der Waals surface area contributed by atoms with Gasteiger partial charge in [0.1, 0.15) is 11.5 Å². The Kier molecular flexibility index (Phi) is 6.36. The Bertz CT molecular complexity index is 333. The molecule has 0 fully saturated rings. The number of hydrogen-bond acceptors (Lipinski definition) is 4. The van der Waals surface area contributed by atoms with Crippen LogP contribution in [-0.2, 0) is 0 Å². The minimum absolute atomic E-state index is 0.829. The second kappa shape index (κ2) is 7.82. The van der Waals surface area contributed by atoms with Crippen molar-refractivity contribution in [1.82, 2.24) is 5.32 Å². The molecule has 102 valence electrons. The Morgan fingerprint density at radius 2 is 1.67 bits per heavy atom. The first-order valence-electron chi connectivity index (χ1n) is 6.37. The molecular weight excluding hydrogens is 228 g/mol.